The molecule has 4 aromatic rings. The van der Waals surface area contributed by atoms with Crippen LogP contribution in [0.5, 0.6) is 6.01 Å². The first-order valence-corrected chi connectivity index (χ1v) is 9.58. The Morgan fingerprint density at radius 1 is 1.03 bits per heavy atom. The zero-order valence-electron chi connectivity index (χ0n) is 17.1. The minimum Gasteiger partial charge on any atom is -0.468 e. The Kier molecular flexibility index (Phi) is 5.49. The second kappa shape index (κ2) is 8.39. The Morgan fingerprint density at radius 2 is 1.65 bits per heavy atom. The van der Waals surface area contributed by atoms with E-state index >= 15 is 4.39 Å². The third-order valence-corrected chi connectivity index (χ3v) is 4.89. The standard InChI is InChI=1S/C24H20F2N4O/c1-4-27-30(5-2)18-12-10-16(11-13-18)15-6-8-17(9-7-15)21-19(25)14-20-23(22(21)26)29-24(28-20)31-3/h4-14H,2H2,1,3H3,(H,28,29)/b27-4-. The molecule has 1 N–H and O–H groups in total. The first kappa shape index (κ1) is 20.3. The summed E-state index contributed by atoms with van der Waals surface area (Å²) in [5.74, 6) is -1.40. The molecule has 0 radical (unpaired) electrons. The SMILES string of the molecule is C=CN(/N=C\C)c1ccc(-c2ccc(-c3c(F)cc4[nH]c(OC)nc4c3F)cc2)cc1. The van der Waals surface area contributed by atoms with Crippen molar-refractivity contribution in [3.05, 3.63) is 79.0 Å². The van der Waals surface area contributed by atoms with Crippen molar-refractivity contribution in [3.63, 3.8) is 0 Å². The van der Waals surface area contributed by atoms with Crippen LogP contribution in [0.3, 0.4) is 0 Å². The topological polar surface area (TPSA) is 53.5 Å². The molecule has 0 unspecified atom stereocenters. The van der Waals surface area contributed by atoms with E-state index < -0.39 is 11.6 Å². The van der Waals surface area contributed by atoms with Gasteiger partial charge in [0.1, 0.15) is 11.3 Å². The molecule has 0 fully saturated rings. The fraction of sp³-hybridized carbons (Fsp3) is 0.0833. The normalized spacial score (nSPS) is 11.2. The number of rotatable bonds is 6. The summed E-state index contributed by atoms with van der Waals surface area (Å²) in [7, 11) is 1.41. The summed E-state index contributed by atoms with van der Waals surface area (Å²) >= 11 is 0. The molecular formula is C24H20F2N4O. The molecule has 31 heavy (non-hydrogen) atoms. The Morgan fingerprint density at radius 3 is 2.23 bits per heavy atom. The third kappa shape index (κ3) is 3.77. The highest BCUT2D eigenvalue weighted by molar-refractivity contribution is 5.84. The molecule has 0 aliphatic carbocycles. The number of hydrogen-bond donors (Lipinski definition) is 1. The predicted octanol–water partition coefficient (Wildman–Crippen LogP) is 6.14. The molecule has 0 spiro atoms. The number of imidazole rings is 1. The van der Waals surface area contributed by atoms with Gasteiger partial charge in [-0.1, -0.05) is 43.0 Å². The van der Waals surface area contributed by atoms with Crippen molar-refractivity contribution >= 4 is 22.9 Å². The van der Waals surface area contributed by atoms with Gasteiger partial charge >= 0.3 is 0 Å². The van der Waals surface area contributed by atoms with Crippen LogP contribution in [0.1, 0.15) is 6.92 Å². The van der Waals surface area contributed by atoms with E-state index in [1.165, 1.54) is 13.2 Å². The number of fused-ring (bicyclic) bond motifs is 1. The van der Waals surface area contributed by atoms with Gasteiger partial charge < -0.3 is 9.72 Å². The zero-order valence-corrected chi connectivity index (χ0v) is 17.1. The molecule has 0 amide bonds. The minimum atomic E-state index is -0.729. The quantitative estimate of drug-likeness (QED) is 0.302. The second-order valence-electron chi connectivity index (χ2n) is 6.71. The Hall–Kier alpha value is -4.00. The molecule has 4 rings (SSSR count). The smallest absolute Gasteiger partial charge is 0.294 e. The zero-order chi connectivity index (χ0) is 22.0. The average molecular weight is 418 g/mol. The number of anilines is 1. The maximum absolute atomic E-state index is 15.0. The fourth-order valence-corrected chi connectivity index (χ4v) is 3.40. The summed E-state index contributed by atoms with van der Waals surface area (Å²) in [5.41, 5.74) is 3.34. The van der Waals surface area contributed by atoms with Crippen LogP contribution in [0.2, 0.25) is 0 Å². The lowest BCUT2D eigenvalue weighted by molar-refractivity contribution is 0.385. The third-order valence-electron chi connectivity index (χ3n) is 4.89. The van der Waals surface area contributed by atoms with Crippen LogP contribution >= 0.6 is 0 Å². The fourth-order valence-electron chi connectivity index (χ4n) is 3.40. The van der Waals surface area contributed by atoms with Crippen LogP contribution in [0.15, 0.2) is 72.5 Å². The molecule has 0 aliphatic heterocycles. The lowest BCUT2D eigenvalue weighted by Gasteiger charge is -2.14. The number of hydrogen-bond acceptors (Lipinski definition) is 4. The van der Waals surface area contributed by atoms with Crippen molar-refractivity contribution in [2.75, 3.05) is 12.1 Å². The van der Waals surface area contributed by atoms with E-state index in [9.17, 15) is 4.39 Å². The number of aromatic nitrogens is 2. The van der Waals surface area contributed by atoms with Crippen molar-refractivity contribution in [1.82, 2.24) is 9.97 Å². The monoisotopic (exact) mass is 418 g/mol. The Balaban J connectivity index is 1.66. The highest BCUT2D eigenvalue weighted by Crippen LogP contribution is 2.33. The molecule has 156 valence electrons. The highest BCUT2D eigenvalue weighted by atomic mass is 19.1. The number of benzene rings is 3. The Labute approximate surface area is 178 Å². The Bertz CT molecular complexity index is 1260. The molecule has 5 nitrogen and oxygen atoms in total. The summed E-state index contributed by atoms with van der Waals surface area (Å²) in [6.07, 6.45) is 3.31. The van der Waals surface area contributed by atoms with Gasteiger partial charge in [-0.2, -0.15) is 10.1 Å². The first-order valence-electron chi connectivity index (χ1n) is 9.58. The number of hydrazone groups is 1. The lowest BCUT2D eigenvalue weighted by Crippen LogP contribution is -2.06. The van der Waals surface area contributed by atoms with Crippen molar-refractivity contribution in [1.29, 1.82) is 0 Å². The van der Waals surface area contributed by atoms with Crippen LogP contribution in [0.4, 0.5) is 14.5 Å². The number of methoxy groups -OCH3 is 1. The van der Waals surface area contributed by atoms with E-state index in [0.29, 0.717) is 5.56 Å². The number of nitrogens with one attached hydrogen (secondary N) is 1. The van der Waals surface area contributed by atoms with Crippen molar-refractivity contribution in [2.45, 2.75) is 6.92 Å². The van der Waals surface area contributed by atoms with Crippen LogP contribution in [0.25, 0.3) is 33.3 Å². The number of ether oxygens (including phenoxy) is 1. The molecule has 7 heteroatoms. The van der Waals surface area contributed by atoms with E-state index in [4.69, 9.17) is 4.74 Å². The number of H-pyrrole nitrogens is 1. The van der Waals surface area contributed by atoms with Gasteiger partial charge in [0, 0.05) is 18.5 Å². The van der Waals surface area contributed by atoms with Gasteiger partial charge in [0.05, 0.1) is 23.9 Å². The molecule has 1 heterocycles. The van der Waals surface area contributed by atoms with Gasteiger partial charge in [0.15, 0.2) is 5.82 Å². The molecule has 1 aromatic heterocycles. The molecule has 0 saturated carbocycles. The van der Waals surface area contributed by atoms with E-state index in [2.05, 4.69) is 21.6 Å². The van der Waals surface area contributed by atoms with Gasteiger partial charge in [-0.25, -0.2) is 13.8 Å². The van der Waals surface area contributed by atoms with Gasteiger partial charge in [-0.3, -0.25) is 0 Å². The van der Waals surface area contributed by atoms with Crippen LogP contribution in [-0.2, 0) is 0 Å². The summed E-state index contributed by atoms with van der Waals surface area (Å²) in [5, 5.41) is 5.87. The second-order valence-corrected chi connectivity index (χ2v) is 6.71. The van der Waals surface area contributed by atoms with Crippen molar-refractivity contribution in [3.8, 4) is 28.3 Å². The number of aromatic amines is 1. The maximum Gasteiger partial charge on any atom is 0.294 e. The summed E-state index contributed by atoms with van der Waals surface area (Å²) in [4.78, 5) is 6.75. The highest BCUT2D eigenvalue weighted by Gasteiger charge is 2.19. The van der Waals surface area contributed by atoms with Gasteiger partial charge in [-0.15, -0.1) is 0 Å². The lowest BCUT2D eigenvalue weighted by atomic mass is 9.99. The average Bonchev–Trinajstić information content (AvgIpc) is 3.21. The minimum absolute atomic E-state index is 0.0365. The summed E-state index contributed by atoms with van der Waals surface area (Å²) in [6.45, 7) is 5.58. The van der Waals surface area contributed by atoms with E-state index in [0.717, 1.165) is 16.8 Å². The van der Waals surface area contributed by atoms with Crippen LogP contribution < -0.4 is 9.75 Å². The summed E-state index contributed by atoms with van der Waals surface area (Å²) < 4.78 is 34.6. The first-order chi connectivity index (χ1) is 15.0. The molecule has 0 aliphatic rings. The van der Waals surface area contributed by atoms with Crippen LogP contribution in [-0.4, -0.2) is 23.3 Å². The van der Waals surface area contributed by atoms with E-state index in [1.54, 1.807) is 29.6 Å². The molecule has 3 aromatic carbocycles. The molecule has 0 atom stereocenters. The number of halogens is 2. The molecule has 0 bridgehead atoms. The van der Waals surface area contributed by atoms with Crippen molar-refractivity contribution in [2.24, 2.45) is 5.10 Å². The van der Waals surface area contributed by atoms with E-state index in [1.807, 2.05) is 43.3 Å². The molecular weight excluding hydrogens is 398 g/mol. The predicted molar refractivity (Wildman–Crippen MR) is 120 cm³/mol. The van der Waals surface area contributed by atoms with Gasteiger partial charge in [-0.05, 0) is 35.7 Å². The van der Waals surface area contributed by atoms with Gasteiger partial charge in [0.2, 0.25) is 0 Å². The largest absolute Gasteiger partial charge is 0.468 e. The van der Waals surface area contributed by atoms with Crippen LogP contribution in [0, 0.1) is 11.6 Å². The number of nitrogens with zero attached hydrogens (tertiary/aromatic N) is 3. The van der Waals surface area contributed by atoms with Gasteiger partial charge in [0.25, 0.3) is 6.01 Å². The molecule has 0 saturated heterocycles. The maximum atomic E-state index is 15.0. The van der Waals surface area contributed by atoms with E-state index in [-0.39, 0.29) is 22.6 Å². The van der Waals surface area contributed by atoms with Crippen molar-refractivity contribution < 1.29 is 13.5 Å². The summed E-state index contributed by atoms with van der Waals surface area (Å²) in [6, 6.07) is 16.2.